The molecule has 0 aromatic rings. The Hall–Kier alpha value is -0.320. The molecular weight excluding hydrogens is 264 g/mol. The summed E-state index contributed by atoms with van der Waals surface area (Å²) in [5.41, 5.74) is 0.532. The number of hydrogen-bond donors (Lipinski definition) is 2. The molecule has 1 saturated heterocycles. The van der Waals surface area contributed by atoms with Crippen molar-refractivity contribution in [1.82, 2.24) is 10.6 Å². The van der Waals surface area contributed by atoms with E-state index in [9.17, 15) is 4.79 Å². The second kappa shape index (κ2) is 8.08. The van der Waals surface area contributed by atoms with Crippen molar-refractivity contribution in [3.63, 3.8) is 0 Å². The summed E-state index contributed by atoms with van der Waals surface area (Å²) in [6.07, 6.45) is 7.82. The number of amides is 1. The lowest BCUT2D eigenvalue weighted by molar-refractivity contribution is -0.122. The van der Waals surface area contributed by atoms with Gasteiger partial charge in [0.05, 0.1) is 0 Å². The summed E-state index contributed by atoms with van der Waals surface area (Å²) in [5.74, 6) is 0.192. The molecule has 0 unspecified atom stereocenters. The van der Waals surface area contributed by atoms with E-state index in [4.69, 9.17) is 4.74 Å². The summed E-state index contributed by atoms with van der Waals surface area (Å²) >= 11 is 0. The molecule has 1 saturated carbocycles. The van der Waals surface area contributed by atoms with Gasteiger partial charge in [-0.3, -0.25) is 4.79 Å². The number of nitrogens with one attached hydrogen (secondary N) is 2. The third kappa shape index (κ3) is 4.93. The van der Waals surface area contributed by atoms with Crippen LogP contribution in [0.2, 0.25) is 0 Å². The normalized spacial score (nSPS) is 22.8. The lowest BCUT2D eigenvalue weighted by Gasteiger charge is -2.42. The van der Waals surface area contributed by atoms with Gasteiger partial charge in [-0.15, -0.1) is 12.4 Å². The Morgan fingerprint density at radius 3 is 2.42 bits per heavy atom. The molecule has 2 rings (SSSR count). The molecule has 19 heavy (non-hydrogen) atoms. The van der Waals surface area contributed by atoms with E-state index in [1.54, 1.807) is 0 Å². The summed E-state index contributed by atoms with van der Waals surface area (Å²) in [6.45, 7) is 2.62. The minimum atomic E-state index is 0. The predicted molar refractivity (Wildman–Crippen MR) is 78.7 cm³/mol. The Labute approximate surface area is 122 Å². The van der Waals surface area contributed by atoms with Crippen molar-refractivity contribution >= 4 is 18.3 Å². The number of carbonyl (C=O) groups is 1. The summed E-state index contributed by atoms with van der Waals surface area (Å²) in [6, 6.07) is 0.405. The predicted octanol–water partition coefficient (Wildman–Crippen LogP) is 1.87. The van der Waals surface area contributed by atoms with E-state index in [2.05, 4.69) is 10.6 Å². The molecule has 112 valence electrons. The smallest absolute Gasteiger partial charge is 0.221 e. The average Bonchev–Trinajstić information content (AvgIpc) is 2.40. The van der Waals surface area contributed by atoms with E-state index >= 15 is 0 Å². The van der Waals surface area contributed by atoms with E-state index in [0.29, 0.717) is 17.9 Å². The first kappa shape index (κ1) is 16.7. The van der Waals surface area contributed by atoms with Gasteiger partial charge in [-0.1, -0.05) is 0 Å². The van der Waals surface area contributed by atoms with Gasteiger partial charge in [-0.05, 0) is 51.0 Å². The van der Waals surface area contributed by atoms with Crippen LogP contribution in [0.1, 0.15) is 44.9 Å². The van der Waals surface area contributed by atoms with Crippen LogP contribution in [0, 0.1) is 5.41 Å². The second-order valence-electron chi connectivity index (χ2n) is 5.81. The van der Waals surface area contributed by atoms with Crippen molar-refractivity contribution in [2.45, 2.75) is 51.0 Å². The first-order chi connectivity index (χ1) is 8.74. The van der Waals surface area contributed by atoms with Gasteiger partial charge in [0.2, 0.25) is 5.91 Å². The van der Waals surface area contributed by atoms with Crippen LogP contribution < -0.4 is 10.6 Å². The van der Waals surface area contributed by atoms with E-state index < -0.39 is 0 Å². The average molecular weight is 291 g/mol. The third-order valence-corrected chi connectivity index (χ3v) is 4.57. The highest BCUT2D eigenvalue weighted by molar-refractivity contribution is 5.85. The molecule has 1 aliphatic carbocycles. The second-order valence-corrected chi connectivity index (χ2v) is 5.81. The molecule has 2 aliphatic rings. The summed E-state index contributed by atoms with van der Waals surface area (Å²) < 4.78 is 5.46. The number of rotatable bonds is 4. The van der Waals surface area contributed by atoms with Crippen LogP contribution in [0.15, 0.2) is 0 Å². The third-order valence-electron chi connectivity index (χ3n) is 4.57. The number of halogens is 1. The highest BCUT2D eigenvalue weighted by Gasteiger charge is 2.36. The largest absolute Gasteiger partial charge is 0.381 e. The first-order valence-corrected chi connectivity index (χ1v) is 7.26. The van der Waals surface area contributed by atoms with Crippen LogP contribution >= 0.6 is 12.4 Å². The molecule has 1 spiro atoms. The van der Waals surface area contributed by atoms with Crippen LogP contribution in [0.4, 0.5) is 0 Å². The minimum absolute atomic E-state index is 0. The van der Waals surface area contributed by atoms with E-state index in [-0.39, 0.29) is 18.3 Å². The van der Waals surface area contributed by atoms with Gasteiger partial charge in [-0.25, -0.2) is 0 Å². The number of carbonyl (C=O) groups excluding carboxylic acids is 1. The molecule has 4 nitrogen and oxygen atoms in total. The van der Waals surface area contributed by atoms with Crippen molar-refractivity contribution in [3.05, 3.63) is 0 Å². The zero-order valence-electron chi connectivity index (χ0n) is 11.9. The molecule has 1 heterocycles. The Balaban J connectivity index is 0.00000180. The van der Waals surface area contributed by atoms with Crippen LogP contribution in [0.25, 0.3) is 0 Å². The zero-order chi connectivity index (χ0) is 12.8. The molecule has 0 aromatic carbocycles. The highest BCUT2D eigenvalue weighted by Crippen LogP contribution is 2.43. The van der Waals surface area contributed by atoms with Gasteiger partial charge in [-0.2, -0.15) is 0 Å². The maximum absolute atomic E-state index is 11.7. The fourth-order valence-corrected chi connectivity index (χ4v) is 3.22. The summed E-state index contributed by atoms with van der Waals surface area (Å²) in [5, 5.41) is 6.17. The standard InChI is InChI=1S/C14H26N2O2.ClH/c1-15-9-4-13(17)16-12-2-5-14(6-3-12)7-10-18-11-8-14;/h12,15H,2-11H2,1H3,(H,16,17);1H. The van der Waals surface area contributed by atoms with Crippen LogP contribution in [-0.2, 0) is 9.53 Å². The lowest BCUT2D eigenvalue weighted by Crippen LogP contribution is -2.42. The fourth-order valence-electron chi connectivity index (χ4n) is 3.22. The van der Waals surface area contributed by atoms with E-state index in [1.165, 1.54) is 25.7 Å². The van der Waals surface area contributed by atoms with Crippen LogP contribution in [0.5, 0.6) is 0 Å². The number of hydrogen-bond acceptors (Lipinski definition) is 3. The quantitative estimate of drug-likeness (QED) is 0.831. The molecule has 2 N–H and O–H groups in total. The van der Waals surface area contributed by atoms with E-state index in [0.717, 1.165) is 32.6 Å². The Bertz CT molecular complexity index is 271. The van der Waals surface area contributed by atoms with Crippen LogP contribution in [-0.4, -0.2) is 38.8 Å². The lowest BCUT2D eigenvalue weighted by atomic mass is 9.68. The summed E-state index contributed by atoms with van der Waals surface area (Å²) in [4.78, 5) is 11.7. The Kier molecular flexibility index (Phi) is 7.11. The molecule has 2 fully saturated rings. The van der Waals surface area contributed by atoms with Gasteiger partial charge in [0.15, 0.2) is 0 Å². The molecule has 1 aliphatic heterocycles. The first-order valence-electron chi connectivity index (χ1n) is 7.26. The van der Waals surface area contributed by atoms with Crippen molar-refractivity contribution in [2.75, 3.05) is 26.8 Å². The van der Waals surface area contributed by atoms with Crippen molar-refractivity contribution in [1.29, 1.82) is 0 Å². The van der Waals surface area contributed by atoms with Crippen LogP contribution in [0.3, 0.4) is 0 Å². The minimum Gasteiger partial charge on any atom is -0.381 e. The fraction of sp³-hybridized carbons (Fsp3) is 0.929. The molecule has 0 radical (unpaired) electrons. The van der Waals surface area contributed by atoms with Gasteiger partial charge in [0, 0.05) is 32.2 Å². The van der Waals surface area contributed by atoms with Gasteiger partial charge in [0.25, 0.3) is 0 Å². The Morgan fingerprint density at radius 2 is 1.84 bits per heavy atom. The molecular formula is C14H27ClN2O2. The van der Waals surface area contributed by atoms with Crippen molar-refractivity contribution < 1.29 is 9.53 Å². The van der Waals surface area contributed by atoms with Gasteiger partial charge >= 0.3 is 0 Å². The van der Waals surface area contributed by atoms with Gasteiger partial charge in [0.1, 0.15) is 0 Å². The van der Waals surface area contributed by atoms with Crippen molar-refractivity contribution in [2.24, 2.45) is 5.41 Å². The SMILES string of the molecule is CNCCC(=O)NC1CCC2(CCOCC2)CC1.Cl. The Morgan fingerprint density at radius 1 is 1.21 bits per heavy atom. The molecule has 0 aromatic heterocycles. The maximum Gasteiger partial charge on any atom is 0.221 e. The summed E-state index contributed by atoms with van der Waals surface area (Å²) in [7, 11) is 1.88. The molecule has 0 bridgehead atoms. The molecule has 1 amide bonds. The molecule has 0 atom stereocenters. The topological polar surface area (TPSA) is 50.4 Å². The highest BCUT2D eigenvalue weighted by atomic mass is 35.5. The van der Waals surface area contributed by atoms with E-state index in [1.807, 2.05) is 7.05 Å². The number of ether oxygens (including phenoxy) is 1. The van der Waals surface area contributed by atoms with Crippen molar-refractivity contribution in [3.8, 4) is 0 Å². The zero-order valence-corrected chi connectivity index (χ0v) is 12.7. The molecule has 5 heteroatoms. The maximum atomic E-state index is 11.7. The monoisotopic (exact) mass is 290 g/mol. The van der Waals surface area contributed by atoms with Gasteiger partial charge < -0.3 is 15.4 Å².